The van der Waals surface area contributed by atoms with Gasteiger partial charge in [0.25, 0.3) is 0 Å². The van der Waals surface area contributed by atoms with Gasteiger partial charge in [-0.15, -0.1) is 0 Å². The number of nitrogens with one attached hydrogen (secondary N) is 2. The zero-order chi connectivity index (χ0) is 17.3. The minimum absolute atomic E-state index is 0.0966. The number of likely N-dealkylation sites (tertiary alicyclic amines) is 1. The van der Waals surface area contributed by atoms with Gasteiger partial charge in [0.15, 0.2) is 0 Å². The fourth-order valence-electron chi connectivity index (χ4n) is 3.35. The molecule has 132 valence electrons. The van der Waals surface area contributed by atoms with Crippen LogP contribution >= 0.6 is 0 Å². The topological polar surface area (TPSA) is 79.3 Å². The number of nitrogens with zero attached hydrogens (tertiary/aromatic N) is 3. The zero-order valence-electron chi connectivity index (χ0n) is 14.7. The highest BCUT2D eigenvalue weighted by atomic mass is 16.2. The maximum Gasteiger partial charge on any atom is 0.315 e. The van der Waals surface area contributed by atoms with E-state index in [-0.39, 0.29) is 18.0 Å². The lowest BCUT2D eigenvalue weighted by molar-refractivity contribution is -0.128. The Morgan fingerprint density at radius 3 is 2.88 bits per heavy atom. The number of rotatable bonds is 6. The zero-order valence-corrected chi connectivity index (χ0v) is 14.7. The molecule has 0 aromatic carbocycles. The molecule has 0 spiro atoms. The Balaban J connectivity index is 1.45. The molecule has 2 N–H and O–H groups in total. The summed E-state index contributed by atoms with van der Waals surface area (Å²) in [6.07, 6.45) is 5.17. The van der Waals surface area contributed by atoms with Gasteiger partial charge in [-0.1, -0.05) is 20.8 Å². The molecule has 1 saturated heterocycles. The first-order valence-electron chi connectivity index (χ1n) is 8.78. The van der Waals surface area contributed by atoms with Crippen LogP contribution in [0.15, 0.2) is 12.4 Å². The summed E-state index contributed by atoms with van der Waals surface area (Å²) in [4.78, 5) is 30.3. The minimum atomic E-state index is -0.238. The maximum atomic E-state index is 12.1. The molecular formula is C17H27N5O2. The van der Waals surface area contributed by atoms with E-state index < -0.39 is 0 Å². The molecule has 0 radical (unpaired) electrons. The first-order valence-corrected chi connectivity index (χ1v) is 8.78. The summed E-state index contributed by atoms with van der Waals surface area (Å²) >= 11 is 0. The normalized spacial score (nSPS) is 26.1. The van der Waals surface area contributed by atoms with Crippen LogP contribution in [-0.4, -0.2) is 45.0 Å². The Labute approximate surface area is 142 Å². The quantitative estimate of drug-likeness (QED) is 0.825. The summed E-state index contributed by atoms with van der Waals surface area (Å²) in [5, 5.41) is 5.76. The van der Waals surface area contributed by atoms with Gasteiger partial charge in [-0.25, -0.2) is 9.78 Å². The number of aromatic nitrogens is 2. The van der Waals surface area contributed by atoms with Gasteiger partial charge in [-0.05, 0) is 18.3 Å². The number of hydrogen-bond donors (Lipinski definition) is 2. The Morgan fingerprint density at radius 1 is 1.46 bits per heavy atom. The Hall–Kier alpha value is -2.05. The van der Waals surface area contributed by atoms with E-state index in [0.717, 1.165) is 18.8 Å². The molecule has 3 atom stereocenters. The number of carbonyl (C=O) groups excluding carboxylic acids is 2. The Bertz CT molecular complexity index is 612. The van der Waals surface area contributed by atoms with E-state index in [1.807, 2.05) is 11.1 Å². The van der Waals surface area contributed by atoms with Crippen molar-refractivity contribution in [1.29, 1.82) is 0 Å². The monoisotopic (exact) mass is 333 g/mol. The average Bonchev–Trinajstić information content (AvgIpc) is 2.90. The van der Waals surface area contributed by atoms with Crippen LogP contribution in [0.3, 0.4) is 0 Å². The van der Waals surface area contributed by atoms with Crippen molar-refractivity contribution in [3.8, 4) is 0 Å². The Kier molecular flexibility index (Phi) is 4.78. The number of imidazole rings is 1. The van der Waals surface area contributed by atoms with E-state index in [4.69, 9.17) is 0 Å². The van der Waals surface area contributed by atoms with Crippen molar-refractivity contribution in [3.05, 3.63) is 18.2 Å². The van der Waals surface area contributed by atoms with Crippen LogP contribution in [0.2, 0.25) is 0 Å². The van der Waals surface area contributed by atoms with Crippen molar-refractivity contribution in [3.63, 3.8) is 0 Å². The van der Waals surface area contributed by atoms with Crippen molar-refractivity contribution in [2.45, 2.75) is 58.8 Å². The molecule has 1 aliphatic carbocycles. The third kappa shape index (κ3) is 3.88. The molecule has 1 saturated carbocycles. The molecule has 1 aromatic rings. The number of amides is 3. The van der Waals surface area contributed by atoms with Crippen molar-refractivity contribution in [2.24, 2.45) is 11.8 Å². The van der Waals surface area contributed by atoms with E-state index in [2.05, 4.69) is 41.0 Å². The first-order chi connectivity index (χ1) is 11.4. The lowest BCUT2D eigenvalue weighted by Gasteiger charge is -2.17. The van der Waals surface area contributed by atoms with Crippen molar-refractivity contribution < 1.29 is 9.59 Å². The standard InChI is InChI=1S/C17H27N5O2/c1-11(2)9-21-5-4-18-15(21)8-19-17(24)20-13-7-16(23)22(10-13)14-6-12(14)3/h4-5,11-14H,6-10H2,1-3H3,(H2,19,20,24)/t12-,13+,14-/m0/s1. The molecule has 1 aliphatic heterocycles. The minimum Gasteiger partial charge on any atom is -0.337 e. The molecule has 2 aliphatic rings. The van der Waals surface area contributed by atoms with Crippen LogP contribution in [0.25, 0.3) is 0 Å². The summed E-state index contributed by atoms with van der Waals surface area (Å²) in [5.74, 6) is 2.12. The summed E-state index contributed by atoms with van der Waals surface area (Å²) in [6.45, 7) is 8.34. The third-order valence-electron chi connectivity index (χ3n) is 4.73. The molecular weight excluding hydrogens is 306 g/mol. The van der Waals surface area contributed by atoms with Crippen LogP contribution in [0.1, 0.15) is 39.4 Å². The predicted molar refractivity (Wildman–Crippen MR) is 90.1 cm³/mol. The molecule has 0 unspecified atom stereocenters. The summed E-state index contributed by atoms with van der Waals surface area (Å²) in [5.41, 5.74) is 0. The van der Waals surface area contributed by atoms with Gasteiger partial charge in [0.05, 0.1) is 12.6 Å². The lowest BCUT2D eigenvalue weighted by atomic mass is 10.2. The van der Waals surface area contributed by atoms with E-state index in [1.165, 1.54) is 0 Å². The van der Waals surface area contributed by atoms with E-state index in [0.29, 0.717) is 37.4 Å². The molecule has 3 rings (SSSR count). The van der Waals surface area contributed by atoms with E-state index in [9.17, 15) is 9.59 Å². The number of hydrogen-bond acceptors (Lipinski definition) is 3. The average molecular weight is 333 g/mol. The highest BCUT2D eigenvalue weighted by molar-refractivity contribution is 5.82. The van der Waals surface area contributed by atoms with Crippen molar-refractivity contribution in [1.82, 2.24) is 25.1 Å². The smallest absolute Gasteiger partial charge is 0.315 e. The van der Waals surface area contributed by atoms with E-state index in [1.54, 1.807) is 6.20 Å². The second-order valence-corrected chi connectivity index (χ2v) is 7.44. The molecule has 1 aromatic heterocycles. The van der Waals surface area contributed by atoms with Gasteiger partial charge in [0.1, 0.15) is 5.82 Å². The SMILES string of the molecule is CC(C)Cn1ccnc1CNC(=O)N[C@@H]1CC(=O)N([C@H]2C[C@@H]2C)C1. The molecule has 0 bridgehead atoms. The summed E-state index contributed by atoms with van der Waals surface area (Å²) in [6, 6.07) is 0.0502. The lowest BCUT2D eigenvalue weighted by Crippen LogP contribution is -2.43. The highest BCUT2D eigenvalue weighted by Gasteiger charge is 2.44. The van der Waals surface area contributed by atoms with Crippen molar-refractivity contribution in [2.75, 3.05) is 6.54 Å². The highest BCUT2D eigenvalue weighted by Crippen LogP contribution is 2.37. The molecule has 24 heavy (non-hydrogen) atoms. The second kappa shape index (κ2) is 6.83. The van der Waals surface area contributed by atoms with Gasteiger partial charge in [0.2, 0.25) is 5.91 Å². The molecule has 3 amide bonds. The molecule has 7 nitrogen and oxygen atoms in total. The Morgan fingerprint density at radius 2 is 2.21 bits per heavy atom. The molecule has 2 heterocycles. The predicted octanol–water partition coefficient (Wildman–Crippen LogP) is 1.35. The second-order valence-electron chi connectivity index (χ2n) is 7.44. The summed E-state index contributed by atoms with van der Waals surface area (Å²) in [7, 11) is 0. The largest absolute Gasteiger partial charge is 0.337 e. The van der Waals surface area contributed by atoms with Gasteiger partial charge < -0.3 is 20.1 Å². The fourth-order valence-corrected chi connectivity index (χ4v) is 3.35. The van der Waals surface area contributed by atoms with E-state index >= 15 is 0 Å². The van der Waals surface area contributed by atoms with Crippen LogP contribution < -0.4 is 10.6 Å². The van der Waals surface area contributed by atoms with Crippen molar-refractivity contribution >= 4 is 11.9 Å². The fraction of sp³-hybridized carbons (Fsp3) is 0.706. The van der Waals surface area contributed by atoms with Gasteiger partial charge in [0, 0.05) is 37.9 Å². The maximum absolute atomic E-state index is 12.1. The van der Waals surface area contributed by atoms with Crippen LogP contribution in [0.5, 0.6) is 0 Å². The molecule has 2 fully saturated rings. The van der Waals surface area contributed by atoms with Gasteiger partial charge >= 0.3 is 6.03 Å². The molecule has 7 heteroatoms. The first kappa shape index (κ1) is 16.8. The third-order valence-corrected chi connectivity index (χ3v) is 4.73. The van der Waals surface area contributed by atoms with Crippen LogP contribution in [-0.2, 0) is 17.9 Å². The van der Waals surface area contributed by atoms with Gasteiger partial charge in [-0.2, -0.15) is 0 Å². The number of urea groups is 1. The summed E-state index contributed by atoms with van der Waals surface area (Å²) < 4.78 is 2.06. The van der Waals surface area contributed by atoms with Crippen LogP contribution in [0.4, 0.5) is 4.79 Å². The van der Waals surface area contributed by atoms with Gasteiger partial charge in [-0.3, -0.25) is 4.79 Å². The van der Waals surface area contributed by atoms with Crippen LogP contribution in [0, 0.1) is 11.8 Å². The number of carbonyl (C=O) groups is 2.